The molecule has 2 aromatic rings. The average molecular weight is 368 g/mol. The van der Waals surface area contributed by atoms with Crippen molar-refractivity contribution in [1.82, 2.24) is 14.8 Å². The van der Waals surface area contributed by atoms with E-state index in [4.69, 9.17) is 16.7 Å². The van der Waals surface area contributed by atoms with Gasteiger partial charge < -0.3 is 4.57 Å². The molecule has 0 N–H and O–H groups in total. The van der Waals surface area contributed by atoms with Gasteiger partial charge in [0.2, 0.25) is 0 Å². The number of hydrogen-bond donors (Lipinski definition) is 0. The minimum atomic E-state index is 0.322. The Bertz CT molecular complexity index is 820. The Hall–Kier alpha value is -1.35. The van der Waals surface area contributed by atoms with E-state index in [0.717, 1.165) is 42.2 Å². The molecule has 1 aromatic heterocycles. The molecule has 1 unspecified atom stereocenters. The van der Waals surface area contributed by atoms with Crippen LogP contribution in [0.15, 0.2) is 24.3 Å². The first-order valence-corrected chi connectivity index (χ1v) is 10.7. The summed E-state index contributed by atoms with van der Waals surface area (Å²) in [4.78, 5) is 0. The molecule has 4 bridgehead atoms. The summed E-state index contributed by atoms with van der Waals surface area (Å²) < 4.78 is 2.50. The van der Waals surface area contributed by atoms with E-state index in [9.17, 15) is 0 Å². The molecule has 4 fully saturated rings. The van der Waals surface area contributed by atoms with Crippen molar-refractivity contribution in [3.8, 4) is 0 Å². The molecule has 0 spiro atoms. The maximum atomic E-state index is 6.51. The largest absolute Gasteiger partial charge is 0.314 e. The van der Waals surface area contributed by atoms with Crippen LogP contribution in [-0.4, -0.2) is 14.8 Å². The lowest BCUT2D eigenvalue weighted by Gasteiger charge is -2.56. The van der Waals surface area contributed by atoms with E-state index in [2.05, 4.69) is 21.8 Å². The summed E-state index contributed by atoms with van der Waals surface area (Å²) in [5.74, 6) is 5.84. The second-order valence-corrected chi connectivity index (χ2v) is 9.91. The van der Waals surface area contributed by atoms with Gasteiger partial charge in [0.1, 0.15) is 11.6 Å². The van der Waals surface area contributed by atoms with E-state index < -0.39 is 0 Å². The highest BCUT2D eigenvalue weighted by atomic mass is 35.5. The van der Waals surface area contributed by atoms with Crippen molar-refractivity contribution >= 4 is 11.6 Å². The molecule has 0 saturated heterocycles. The third-order valence-corrected chi connectivity index (χ3v) is 8.15. The Labute approximate surface area is 160 Å². The fraction of sp³-hybridized carbons (Fsp3) is 0.636. The zero-order valence-corrected chi connectivity index (χ0v) is 16.0. The number of nitrogens with zero attached hydrogens (tertiary/aromatic N) is 3. The zero-order valence-electron chi connectivity index (χ0n) is 15.2. The van der Waals surface area contributed by atoms with Gasteiger partial charge in [-0.05, 0) is 74.3 Å². The van der Waals surface area contributed by atoms with Gasteiger partial charge in [-0.3, -0.25) is 0 Å². The Morgan fingerprint density at radius 3 is 2.35 bits per heavy atom. The maximum absolute atomic E-state index is 6.51. The van der Waals surface area contributed by atoms with Crippen molar-refractivity contribution in [3.63, 3.8) is 0 Å². The Balaban J connectivity index is 1.38. The zero-order chi connectivity index (χ0) is 17.3. The van der Waals surface area contributed by atoms with E-state index >= 15 is 0 Å². The number of hydrogen-bond acceptors (Lipinski definition) is 2. The monoisotopic (exact) mass is 367 g/mol. The molecule has 5 aliphatic rings. The van der Waals surface area contributed by atoms with Crippen molar-refractivity contribution in [1.29, 1.82) is 0 Å². The molecule has 0 amide bonds. The molecule has 4 aliphatic carbocycles. The van der Waals surface area contributed by atoms with Gasteiger partial charge in [-0.1, -0.05) is 29.8 Å². The topological polar surface area (TPSA) is 30.7 Å². The van der Waals surface area contributed by atoms with E-state index in [1.807, 2.05) is 12.1 Å². The summed E-state index contributed by atoms with van der Waals surface area (Å²) >= 11 is 6.51. The minimum Gasteiger partial charge on any atom is -0.314 e. The highest BCUT2D eigenvalue weighted by molar-refractivity contribution is 6.31. The summed E-state index contributed by atoms with van der Waals surface area (Å²) in [5.41, 5.74) is 1.62. The predicted molar refractivity (Wildman–Crippen MR) is 102 cm³/mol. The van der Waals surface area contributed by atoms with Crippen molar-refractivity contribution in [2.75, 3.05) is 0 Å². The van der Waals surface area contributed by atoms with Crippen LogP contribution in [-0.2, 0) is 18.4 Å². The summed E-state index contributed by atoms with van der Waals surface area (Å²) in [5, 5.41) is 10.4. The van der Waals surface area contributed by atoms with Gasteiger partial charge in [0.25, 0.3) is 0 Å². The van der Waals surface area contributed by atoms with Crippen LogP contribution in [0.5, 0.6) is 0 Å². The summed E-state index contributed by atoms with van der Waals surface area (Å²) in [6, 6.07) is 8.37. The van der Waals surface area contributed by atoms with Crippen LogP contribution in [0, 0.1) is 17.8 Å². The molecule has 4 saturated carbocycles. The summed E-state index contributed by atoms with van der Waals surface area (Å²) in [6.45, 7) is 1.00. The van der Waals surface area contributed by atoms with Gasteiger partial charge in [-0.25, -0.2) is 0 Å². The SMILES string of the molecule is Clc1ccccc1C1CCc2nnc(C34CC5CC(CC(C5)C3)C4)n2C1. The lowest BCUT2D eigenvalue weighted by molar-refractivity contribution is -0.0115. The van der Waals surface area contributed by atoms with Gasteiger partial charge in [-0.15, -0.1) is 10.2 Å². The maximum Gasteiger partial charge on any atom is 0.139 e. The van der Waals surface area contributed by atoms with Crippen LogP contribution in [0.25, 0.3) is 0 Å². The van der Waals surface area contributed by atoms with Crippen molar-refractivity contribution in [2.24, 2.45) is 17.8 Å². The first-order chi connectivity index (χ1) is 12.7. The highest BCUT2D eigenvalue weighted by Crippen LogP contribution is 2.60. The van der Waals surface area contributed by atoms with Crippen LogP contribution in [0.4, 0.5) is 0 Å². The molecule has 7 rings (SSSR count). The second-order valence-electron chi connectivity index (χ2n) is 9.51. The quantitative estimate of drug-likeness (QED) is 0.736. The smallest absolute Gasteiger partial charge is 0.139 e. The van der Waals surface area contributed by atoms with Crippen LogP contribution in [0.3, 0.4) is 0 Å². The van der Waals surface area contributed by atoms with E-state index in [1.165, 1.54) is 55.7 Å². The Morgan fingerprint density at radius 2 is 1.65 bits per heavy atom. The normalized spacial score (nSPS) is 37.7. The van der Waals surface area contributed by atoms with Crippen molar-refractivity contribution < 1.29 is 0 Å². The average Bonchev–Trinajstić information content (AvgIpc) is 3.05. The van der Waals surface area contributed by atoms with Crippen LogP contribution in [0.2, 0.25) is 5.02 Å². The third-order valence-electron chi connectivity index (χ3n) is 7.80. The Kier molecular flexibility index (Phi) is 3.36. The summed E-state index contributed by atoms with van der Waals surface area (Å²) in [7, 11) is 0. The molecule has 136 valence electrons. The molecule has 1 aliphatic heterocycles. The fourth-order valence-corrected chi connectivity index (χ4v) is 7.45. The number of aryl methyl sites for hydroxylation is 1. The van der Waals surface area contributed by atoms with Crippen molar-refractivity contribution in [2.45, 2.75) is 69.2 Å². The second kappa shape index (κ2) is 5.58. The van der Waals surface area contributed by atoms with Gasteiger partial charge in [0, 0.05) is 29.3 Å². The molecule has 1 atom stereocenters. The minimum absolute atomic E-state index is 0.322. The molecule has 3 nitrogen and oxygen atoms in total. The molecular formula is C22H26ClN3. The predicted octanol–water partition coefficient (Wildman–Crippen LogP) is 5.13. The number of benzene rings is 1. The molecule has 0 radical (unpaired) electrons. The molecule has 2 heterocycles. The van der Waals surface area contributed by atoms with E-state index in [-0.39, 0.29) is 0 Å². The van der Waals surface area contributed by atoms with Crippen molar-refractivity contribution in [3.05, 3.63) is 46.5 Å². The van der Waals surface area contributed by atoms with Crippen LogP contribution in [0.1, 0.15) is 68.1 Å². The first kappa shape index (κ1) is 15.7. The molecular weight excluding hydrogens is 342 g/mol. The molecule has 26 heavy (non-hydrogen) atoms. The number of aromatic nitrogens is 3. The Morgan fingerprint density at radius 1 is 0.962 bits per heavy atom. The molecule has 1 aromatic carbocycles. The summed E-state index contributed by atoms with van der Waals surface area (Å²) in [6.07, 6.45) is 10.6. The lowest BCUT2D eigenvalue weighted by Crippen LogP contribution is -2.50. The van der Waals surface area contributed by atoms with Gasteiger partial charge >= 0.3 is 0 Å². The molecule has 4 heteroatoms. The number of halogens is 1. The number of rotatable bonds is 2. The lowest BCUT2D eigenvalue weighted by atomic mass is 9.49. The van der Waals surface area contributed by atoms with E-state index in [0.29, 0.717) is 11.3 Å². The first-order valence-electron chi connectivity index (χ1n) is 10.4. The van der Waals surface area contributed by atoms with E-state index in [1.54, 1.807) is 0 Å². The highest BCUT2D eigenvalue weighted by Gasteiger charge is 2.54. The van der Waals surface area contributed by atoms with Crippen LogP contribution < -0.4 is 0 Å². The van der Waals surface area contributed by atoms with Crippen LogP contribution >= 0.6 is 11.6 Å². The fourth-order valence-electron chi connectivity index (χ4n) is 7.16. The standard InChI is InChI=1S/C22H26ClN3/c23-19-4-2-1-3-18(19)17-5-6-20-24-25-21(26(20)13-17)22-10-14-7-15(11-22)9-16(8-14)12-22/h1-4,14-17H,5-13H2. The third kappa shape index (κ3) is 2.25. The van der Waals surface area contributed by atoms with Gasteiger partial charge in [0.15, 0.2) is 0 Å². The number of fused-ring (bicyclic) bond motifs is 1. The van der Waals surface area contributed by atoms with Gasteiger partial charge in [-0.2, -0.15) is 0 Å². The van der Waals surface area contributed by atoms with Gasteiger partial charge in [0.05, 0.1) is 0 Å².